The summed E-state index contributed by atoms with van der Waals surface area (Å²) in [5.74, 6) is -0.757. The van der Waals surface area contributed by atoms with Crippen LogP contribution in [0.15, 0.2) is 30.3 Å². The highest BCUT2D eigenvalue weighted by atomic mass is 16.4. The summed E-state index contributed by atoms with van der Waals surface area (Å²) in [6.07, 6.45) is 3.11. The SMILES string of the molecule is CCCCC(C)(CC(=O)O)Nc1ccccc1. The van der Waals surface area contributed by atoms with Crippen LogP contribution in [0.1, 0.15) is 39.5 Å². The van der Waals surface area contributed by atoms with E-state index in [2.05, 4.69) is 12.2 Å². The number of carboxylic acids is 1. The Kier molecular flexibility index (Phi) is 5.01. The van der Waals surface area contributed by atoms with Gasteiger partial charge in [-0.15, -0.1) is 0 Å². The van der Waals surface area contributed by atoms with Gasteiger partial charge in [-0.2, -0.15) is 0 Å². The van der Waals surface area contributed by atoms with Crippen LogP contribution in [0.4, 0.5) is 5.69 Å². The van der Waals surface area contributed by atoms with Gasteiger partial charge in [0.05, 0.1) is 6.42 Å². The number of rotatable bonds is 7. The summed E-state index contributed by atoms with van der Waals surface area (Å²) in [5, 5.41) is 12.3. The third-order valence-electron chi connectivity index (χ3n) is 2.84. The number of para-hydroxylation sites is 1. The number of anilines is 1. The molecule has 1 aromatic carbocycles. The zero-order chi connectivity index (χ0) is 12.7. The van der Waals surface area contributed by atoms with Crippen molar-refractivity contribution in [2.24, 2.45) is 0 Å². The summed E-state index contributed by atoms with van der Waals surface area (Å²) < 4.78 is 0. The fourth-order valence-corrected chi connectivity index (χ4v) is 1.97. The van der Waals surface area contributed by atoms with Gasteiger partial charge in [0, 0.05) is 11.2 Å². The first kappa shape index (κ1) is 13.6. The normalized spacial score (nSPS) is 14.0. The Morgan fingerprint density at radius 3 is 2.53 bits per heavy atom. The number of benzene rings is 1. The van der Waals surface area contributed by atoms with Gasteiger partial charge in [0.25, 0.3) is 0 Å². The van der Waals surface area contributed by atoms with Gasteiger partial charge < -0.3 is 10.4 Å². The molecule has 0 heterocycles. The number of unbranched alkanes of at least 4 members (excludes halogenated alkanes) is 1. The lowest BCUT2D eigenvalue weighted by molar-refractivity contribution is -0.138. The fourth-order valence-electron chi connectivity index (χ4n) is 1.97. The van der Waals surface area contributed by atoms with Crippen molar-refractivity contribution in [2.45, 2.75) is 45.1 Å². The molecule has 0 amide bonds. The molecule has 1 atom stereocenters. The summed E-state index contributed by atoms with van der Waals surface area (Å²) >= 11 is 0. The number of carbonyl (C=O) groups is 1. The first-order chi connectivity index (χ1) is 8.06. The van der Waals surface area contributed by atoms with Crippen LogP contribution in [0.3, 0.4) is 0 Å². The molecule has 0 aliphatic heterocycles. The van der Waals surface area contributed by atoms with Gasteiger partial charge >= 0.3 is 5.97 Å². The van der Waals surface area contributed by atoms with Crippen LogP contribution in [-0.2, 0) is 4.79 Å². The molecule has 94 valence electrons. The zero-order valence-corrected chi connectivity index (χ0v) is 10.6. The van der Waals surface area contributed by atoms with E-state index in [1.807, 2.05) is 37.3 Å². The molecule has 1 aromatic rings. The van der Waals surface area contributed by atoms with Gasteiger partial charge in [-0.25, -0.2) is 0 Å². The number of hydrogen-bond acceptors (Lipinski definition) is 2. The molecular formula is C14H21NO2. The molecule has 0 aliphatic rings. The smallest absolute Gasteiger partial charge is 0.305 e. The van der Waals surface area contributed by atoms with Crippen molar-refractivity contribution in [2.75, 3.05) is 5.32 Å². The Labute approximate surface area is 103 Å². The molecule has 3 nitrogen and oxygen atoms in total. The maximum atomic E-state index is 10.9. The van der Waals surface area contributed by atoms with Crippen LogP contribution in [0.2, 0.25) is 0 Å². The first-order valence-corrected chi connectivity index (χ1v) is 6.11. The monoisotopic (exact) mass is 235 g/mol. The van der Waals surface area contributed by atoms with Crippen LogP contribution in [0.5, 0.6) is 0 Å². The first-order valence-electron chi connectivity index (χ1n) is 6.11. The van der Waals surface area contributed by atoms with E-state index in [-0.39, 0.29) is 12.0 Å². The number of nitrogens with one attached hydrogen (secondary N) is 1. The highest BCUT2D eigenvalue weighted by Gasteiger charge is 2.26. The van der Waals surface area contributed by atoms with Crippen molar-refractivity contribution in [1.82, 2.24) is 0 Å². The second-order valence-corrected chi connectivity index (χ2v) is 4.73. The van der Waals surface area contributed by atoms with E-state index in [1.54, 1.807) is 0 Å². The second kappa shape index (κ2) is 6.28. The van der Waals surface area contributed by atoms with Gasteiger partial charge in [-0.1, -0.05) is 38.0 Å². The van der Waals surface area contributed by atoms with Gasteiger partial charge in [-0.05, 0) is 25.5 Å². The molecule has 2 N–H and O–H groups in total. The standard InChI is InChI=1S/C14H21NO2/c1-3-4-10-14(2,11-13(16)17)15-12-8-6-5-7-9-12/h5-9,15H,3-4,10-11H2,1-2H3,(H,16,17). The van der Waals surface area contributed by atoms with E-state index in [4.69, 9.17) is 5.11 Å². The molecule has 0 aromatic heterocycles. The van der Waals surface area contributed by atoms with E-state index in [9.17, 15) is 4.79 Å². The number of aliphatic carboxylic acids is 1. The van der Waals surface area contributed by atoms with Crippen molar-refractivity contribution in [3.8, 4) is 0 Å². The van der Waals surface area contributed by atoms with Crippen molar-refractivity contribution in [1.29, 1.82) is 0 Å². The zero-order valence-electron chi connectivity index (χ0n) is 10.6. The molecule has 0 bridgehead atoms. The molecule has 0 saturated carbocycles. The van der Waals surface area contributed by atoms with Crippen LogP contribution in [0, 0.1) is 0 Å². The molecule has 17 heavy (non-hydrogen) atoms. The topological polar surface area (TPSA) is 49.3 Å². The van der Waals surface area contributed by atoms with Crippen molar-refractivity contribution < 1.29 is 9.90 Å². The predicted molar refractivity (Wildman–Crippen MR) is 70.2 cm³/mol. The Morgan fingerprint density at radius 1 is 1.35 bits per heavy atom. The lowest BCUT2D eigenvalue weighted by atomic mass is 9.91. The summed E-state index contributed by atoms with van der Waals surface area (Å²) in [7, 11) is 0. The Morgan fingerprint density at radius 2 is 2.00 bits per heavy atom. The lowest BCUT2D eigenvalue weighted by Gasteiger charge is -2.30. The minimum atomic E-state index is -0.757. The second-order valence-electron chi connectivity index (χ2n) is 4.73. The van der Waals surface area contributed by atoms with E-state index in [0.717, 1.165) is 24.9 Å². The van der Waals surface area contributed by atoms with Gasteiger partial charge in [0.15, 0.2) is 0 Å². The Bertz CT molecular complexity index is 350. The van der Waals surface area contributed by atoms with E-state index >= 15 is 0 Å². The van der Waals surface area contributed by atoms with E-state index in [1.165, 1.54) is 0 Å². The van der Waals surface area contributed by atoms with E-state index in [0.29, 0.717) is 0 Å². The summed E-state index contributed by atoms with van der Waals surface area (Å²) in [4.78, 5) is 10.9. The molecule has 0 spiro atoms. The van der Waals surface area contributed by atoms with Crippen molar-refractivity contribution >= 4 is 11.7 Å². The van der Waals surface area contributed by atoms with Crippen molar-refractivity contribution in [3.63, 3.8) is 0 Å². The van der Waals surface area contributed by atoms with E-state index < -0.39 is 5.97 Å². The molecule has 0 aliphatic carbocycles. The molecule has 0 radical (unpaired) electrons. The third kappa shape index (κ3) is 4.89. The summed E-state index contributed by atoms with van der Waals surface area (Å²) in [6, 6.07) is 9.77. The molecule has 1 unspecified atom stereocenters. The largest absolute Gasteiger partial charge is 0.481 e. The van der Waals surface area contributed by atoms with Crippen LogP contribution in [-0.4, -0.2) is 16.6 Å². The maximum absolute atomic E-state index is 10.9. The lowest BCUT2D eigenvalue weighted by Crippen LogP contribution is -2.37. The molecule has 0 fully saturated rings. The molecular weight excluding hydrogens is 214 g/mol. The summed E-state index contributed by atoms with van der Waals surface area (Å²) in [5.41, 5.74) is 0.607. The molecule has 1 rings (SSSR count). The van der Waals surface area contributed by atoms with Crippen LogP contribution >= 0.6 is 0 Å². The maximum Gasteiger partial charge on any atom is 0.305 e. The van der Waals surface area contributed by atoms with Gasteiger partial charge in [-0.3, -0.25) is 4.79 Å². The van der Waals surface area contributed by atoms with Crippen LogP contribution < -0.4 is 5.32 Å². The fraction of sp³-hybridized carbons (Fsp3) is 0.500. The predicted octanol–water partition coefficient (Wildman–Crippen LogP) is 3.52. The minimum Gasteiger partial charge on any atom is -0.481 e. The Hall–Kier alpha value is -1.51. The molecule has 3 heteroatoms. The van der Waals surface area contributed by atoms with Gasteiger partial charge in [0.1, 0.15) is 0 Å². The Balaban J connectivity index is 2.72. The highest BCUT2D eigenvalue weighted by molar-refractivity contribution is 5.69. The average Bonchev–Trinajstić information content (AvgIpc) is 2.26. The average molecular weight is 235 g/mol. The highest BCUT2D eigenvalue weighted by Crippen LogP contribution is 2.24. The third-order valence-corrected chi connectivity index (χ3v) is 2.84. The number of hydrogen-bond donors (Lipinski definition) is 2. The van der Waals surface area contributed by atoms with Crippen LogP contribution in [0.25, 0.3) is 0 Å². The molecule has 0 saturated heterocycles. The summed E-state index contributed by atoms with van der Waals surface area (Å²) in [6.45, 7) is 4.09. The quantitative estimate of drug-likeness (QED) is 0.760. The van der Waals surface area contributed by atoms with Gasteiger partial charge in [0.2, 0.25) is 0 Å². The van der Waals surface area contributed by atoms with Crippen molar-refractivity contribution in [3.05, 3.63) is 30.3 Å². The minimum absolute atomic E-state index is 0.141. The number of carboxylic acid groups (broad SMARTS) is 1.